The Morgan fingerprint density at radius 2 is 1.63 bits per heavy atom. The number of aliphatic hydroxyl groups excluding tert-OH is 1. The van der Waals surface area contributed by atoms with E-state index >= 15 is 0 Å². The van der Waals surface area contributed by atoms with E-state index in [9.17, 15) is 14.7 Å². The van der Waals surface area contributed by atoms with Gasteiger partial charge in [0.05, 0.1) is 21.7 Å². The molecular weight excluding hydrogens is 483 g/mol. The SMILES string of the molecule is CCN(CC)c1ccc(N2C(=O)C(=O)/C(=C(\O)c3ccc(Cl)c(Cl)c3)C2c2cccc(C)c2)cc1. The Bertz CT molecular complexity index is 1310. The molecule has 0 aliphatic carbocycles. The molecule has 0 bridgehead atoms. The second-order valence-corrected chi connectivity index (χ2v) is 9.22. The van der Waals surface area contributed by atoms with E-state index in [4.69, 9.17) is 23.2 Å². The lowest BCUT2D eigenvalue weighted by Gasteiger charge is -2.27. The van der Waals surface area contributed by atoms with Crippen molar-refractivity contribution < 1.29 is 14.7 Å². The van der Waals surface area contributed by atoms with E-state index in [1.165, 1.54) is 11.0 Å². The smallest absolute Gasteiger partial charge is 0.300 e. The average Bonchev–Trinajstić information content (AvgIpc) is 3.12. The second-order valence-electron chi connectivity index (χ2n) is 8.40. The first-order valence-corrected chi connectivity index (χ1v) is 12.2. The minimum atomic E-state index is -0.802. The Hall–Kier alpha value is -3.28. The van der Waals surface area contributed by atoms with Gasteiger partial charge in [0.15, 0.2) is 0 Å². The number of benzene rings is 3. The fraction of sp³-hybridized carbons (Fsp3) is 0.214. The number of hydrogen-bond acceptors (Lipinski definition) is 4. The van der Waals surface area contributed by atoms with Crippen molar-refractivity contribution in [3.8, 4) is 0 Å². The molecule has 0 spiro atoms. The van der Waals surface area contributed by atoms with Crippen LogP contribution in [-0.4, -0.2) is 29.9 Å². The van der Waals surface area contributed by atoms with Gasteiger partial charge in [-0.3, -0.25) is 14.5 Å². The highest BCUT2D eigenvalue weighted by Crippen LogP contribution is 2.43. The minimum absolute atomic E-state index is 0.00630. The number of halogens is 2. The molecule has 180 valence electrons. The third-order valence-electron chi connectivity index (χ3n) is 6.25. The maximum atomic E-state index is 13.3. The van der Waals surface area contributed by atoms with Gasteiger partial charge >= 0.3 is 0 Å². The highest BCUT2D eigenvalue weighted by Gasteiger charge is 2.47. The Morgan fingerprint density at radius 3 is 2.23 bits per heavy atom. The van der Waals surface area contributed by atoms with Gasteiger partial charge in [-0.2, -0.15) is 0 Å². The van der Waals surface area contributed by atoms with E-state index in [1.54, 1.807) is 12.1 Å². The first-order chi connectivity index (χ1) is 16.8. The van der Waals surface area contributed by atoms with Crippen LogP contribution in [0.1, 0.15) is 36.6 Å². The lowest BCUT2D eigenvalue weighted by Crippen LogP contribution is -2.29. The number of carbonyl (C=O) groups excluding carboxylic acids is 2. The van der Waals surface area contributed by atoms with Crippen molar-refractivity contribution in [1.82, 2.24) is 0 Å². The molecule has 5 nitrogen and oxygen atoms in total. The van der Waals surface area contributed by atoms with Crippen LogP contribution < -0.4 is 9.80 Å². The highest BCUT2D eigenvalue weighted by atomic mass is 35.5. The van der Waals surface area contributed by atoms with E-state index < -0.39 is 17.7 Å². The fourth-order valence-corrected chi connectivity index (χ4v) is 4.76. The van der Waals surface area contributed by atoms with Crippen molar-refractivity contribution >= 4 is 52.0 Å². The second kappa shape index (κ2) is 10.1. The number of aliphatic hydroxyl groups is 1. The number of aryl methyl sites for hydroxylation is 1. The summed E-state index contributed by atoms with van der Waals surface area (Å²) >= 11 is 12.2. The van der Waals surface area contributed by atoms with Crippen molar-refractivity contribution in [2.45, 2.75) is 26.8 Å². The van der Waals surface area contributed by atoms with Gasteiger partial charge in [-0.1, -0.05) is 53.0 Å². The van der Waals surface area contributed by atoms with E-state index in [1.807, 2.05) is 55.5 Å². The number of rotatable bonds is 6. The maximum Gasteiger partial charge on any atom is 0.300 e. The quantitative estimate of drug-likeness (QED) is 0.226. The van der Waals surface area contributed by atoms with E-state index in [2.05, 4.69) is 18.7 Å². The molecule has 1 heterocycles. The molecule has 1 N–H and O–H groups in total. The summed E-state index contributed by atoms with van der Waals surface area (Å²) in [6.45, 7) is 7.81. The molecule has 1 aliphatic heterocycles. The van der Waals surface area contributed by atoms with E-state index in [-0.39, 0.29) is 16.4 Å². The van der Waals surface area contributed by atoms with Crippen LogP contribution in [0.15, 0.2) is 72.3 Å². The molecule has 1 saturated heterocycles. The lowest BCUT2D eigenvalue weighted by molar-refractivity contribution is -0.132. The molecule has 1 atom stereocenters. The summed E-state index contributed by atoms with van der Waals surface area (Å²) in [7, 11) is 0. The Balaban J connectivity index is 1.89. The van der Waals surface area contributed by atoms with E-state index in [0.29, 0.717) is 16.3 Å². The summed E-state index contributed by atoms with van der Waals surface area (Å²) in [5, 5.41) is 11.8. The molecule has 35 heavy (non-hydrogen) atoms. The largest absolute Gasteiger partial charge is 0.507 e. The summed E-state index contributed by atoms with van der Waals surface area (Å²) in [5.41, 5.74) is 3.61. The molecule has 7 heteroatoms. The third kappa shape index (κ3) is 4.66. The zero-order valence-corrected chi connectivity index (χ0v) is 21.3. The normalized spacial score (nSPS) is 17.2. The molecule has 1 aliphatic rings. The van der Waals surface area contributed by atoms with Crippen LogP contribution in [0.4, 0.5) is 11.4 Å². The summed E-state index contributed by atoms with van der Waals surface area (Å²) in [6, 6.07) is 18.9. The monoisotopic (exact) mass is 508 g/mol. The average molecular weight is 509 g/mol. The van der Waals surface area contributed by atoms with Crippen molar-refractivity contribution in [1.29, 1.82) is 0 Å². The number of ketones is 1. The zero-order valence-electron chi connectivity index (χ0n) is 19.8. The van der Waals surface area contributed by atoms with Crippen LogP contribution in [0.2, 0.25) is 10.0 Å². The topological polar surface area (TPSA) is 60.9 Å². The first kappa shape index (κ1) is 24.8. The van der Waals surface area contributed by atoms with Crippen LogP contribution in [-0.2, 0) is 9.59 Å². The maximum absolute atomic E-state index is 13.3. The van der Waals surface area contributed by atoms with Crippen LogP contribution in [0, 0.1) is 6.92 Å². The van der Waals surface area contributed by atoms with Crippen LogP contribution >= 0.6 is 23.2 Å². The van der Waals surface area contributed by atoms with Gasteiger partial charge in [0.25, 0.3) is 11.7 Å². The summed E-state index contributed by atoms with van der Waals surface area (Å²) < 4.78 is 0. The number of amides is 1. The minimum Gasteiger partial charge on any atom is -0.507 e. The number of hydrogen-bond donors (Lipinski definition) is 1. The van der Waals surface area contributed by atoms with E-state index in [0.717, 1.165) is 29.9 Å². The summed E-state index contributed by atoms with van der Waals surface area (Å²) in [5.74, 6) is -1.75. The van der Waals surface area contributed by atoms with Gasteiger partial charge < -0.3 is 10.0 Å². The van der Waals surface area contributed by atoms with Crippen molar-refractivity contribution in [2.75, 3.05) is 22.9 Å². The molecule has 1 fully saturated rings. The van der Waals surface area contributed by atoms with Gasteiger partial charge in [0.1, 0.15) is 5.76 Å². The molecule has 1 amide bonds. The first-order valence-electron chi connectivity index (χ1n) is 11.4. The zero-order chi connectivity index (χ0) is 25.3. The number of nitrogens with zero attached hydrogens (tertiary/aromatic N) is 2. The molecule has 4 rings (SSSR count). The fourth-order valence-electron chi connectivity index (χ4n) is 4.47. The Labute approximate surface area is 215 Å². The Morgan fingerprint density at radius 1 is 0.943 bits per heavy atom. The van der Waals surface area contributed by atoms with Crippen LogP contribution in [0.3, 0.4) is 0 Å². The summed E-state index contributed by atoms with van der Waals surface area (Å²) in [4.78, 5) is 30.3. The van der Waals surface area contributed by atoms with Crippen molar-refractivity contribution in [3.63, 3.8) is 0 Å². The third-order valence-corrected chi connectivity index (χ3v) is 6.99. The van der Waals surface area contributed by atoms with Gasteiger partial charge in [-0.15, -0.1) is 0 Å². The highest BCUT2D eigenvalue weighted by molar-refractivity contribution is 6.51. The van der Waals surface area contributed by atoms with Gasteiger partial charge in [-0.05, 0) is 68.8 Å². The number of carbonyl (C=O) groups is 2. The standard InChI is InChI=1S/C28H26Cl2N2O3/c1-4-31(5-2)20-10-12-21(13-11-20)32-25(18-8-6-7-17(3)15-18)24(27(34)28(32)35)26(33)19-9-14-22(29)23(30)16-19/h6-16,25,33H,4-5H2,1-3H3/b26-24-. The van der Waals surface area contributed by atoms with Crippen LogP contribution in [0.25, 0.3) is 5.76 Å². The van der Waals surface area contributed by atoms with Gasteiger partial charge in [0.2, 0.25) is 0 Å². The van der Waals surface area contributed by atoms with Gasteiger partial charge in [-0.25, -0.2) is 0 Å². The lowest BCUT2D eigenvalue weighted by atomic mass is 9.94. The number of Topliss-reactive ketones (excluding diaryl/α,β-unsaturated/α-hetero) is 1. The number of anilines is 2. The van der Waals surface area contributed by atoms with Crippen LogP contribution in [0.5, 0.6) is 0 Å². The molecule has 1 unspecified atom stereocenters. The molecule has 0 aromatic heterocycles. The molecule has 3 aromatic rings. The summed E-state index contributed by atoms with van der Waals surface area (Å²) in [6.07, 6.45) is 0. The molecule has 0 saturated carbocycles. The molecule has 3 aromatic carbocycles. The van der Waals surface area contributed by atoms with Crippen molar-refractivity contribution in [2.24, 2.45) is 0 Å². The molecule has 0 radical (unpaired) electrons. The van der Waals surface area contributed by atoms with Gasteiger partial charge in [0, 0.05) is 30.0 Å². The Kier molecular flexibility index (Phi) is 7.20. The molecular formula is C28H26Cl2N2O3. The van der Waals surface area contributed by atoms with Crippen molar-refractivity contribution in [3.05, 3.63) is 99.0 Å². The predicted molar refractivity (Wildman–Crippen MR) is 142 cm³/mol. The predicted octanol–water partition coefficient (Wildman–Crippen LogP) is 6.77.